The first-order valence-electron chi connectivity index (χ1n) is 5.84. The molecule has 1 aromatic carbocycles. The smallest absolute Gasteiger partial charge is 0.275 e. The van der Waals surface area contributed by atoms with Crippen LogP contribution in [-0.4, -0.2) is 46.1 Å². The molecule has 0 radical (unpaired) electrons. The van der Waals surface area contributed by atoms with Gasteiger partial charge in [-0.25, -0.2) is 0 Å². The van der Waals surface area contributed by atoms with Gasteiger partial charge in [-0.15, -0.1) is 0 Å². The maximum absolute atomic E-state index is 12.4. The van der Waals surface area contributed by atoms with Crippen molar-refractivity contribution in [3.8, 4) is 0 Å². The van der Waals surface area contributed by atoms with Crippen LogP contribution in [0.1, 0.15) is 17.4 Å². The molecule has 0 aliphatic carbocycles. The molecule has 0 spiro atoms. The van der Waals surface area contributed by atoms with Crippen molar-refractivity contribution in [3.05, 3.63) is 30.0 Å². The SMILES string of the molecule is CSCC(C)N(C)C(=O)c1n[nH]c2ccccc12. The maximum Gasteiger partial charge on any atom is 0.275 e. The summed E-state index contributed by atoms with van der Waals surface area (Å²) in [5.41, 5.74) is 1.40. The van der Waals surface area contributed by atoms with Crippen molar-refractivity contribution in [3.63, 3.8) is 0 Å². The van der Waals surface area contributed by atoms with E-state index in [1.165, 1.54) is 0 Å². The molecule has 0 bridgehead atoms. The van der Waals surface area contributed by atoms with Gasteiger partial charge in [-0.3, -0.25) is 9.89 Å². The van der Waals surface area contributed by atoms with Crippen LogP contribution in [0.3, 0.4) is 0 Å². The zero-order chi connectivity index (χ0) is 13.1. The van der Waals surface area contributed by atoms with Crippen molar-refractivity contribution >= 4 is 28.6 Å². The molecule has 1 heterocycles. The summed E-state index contributed by atoms with van der Waals surface area (Å²) in [6.07, 6.45) is 2.04. The van der Waals surface area contributed by atoms with Crippen LogP contribution in [0.4, 0.5) is 0 Å². The highest BCUT2D eigenvalue weighted by Gasteiger charge is 2.21. The second-order valence-electron chi connectivity index (χ2n) is 4.34. The number of carbonyl (C=O) groups is 1. The number of benzene rings is 1. The Kier molecular flexibility index (Phi) is 3.91. The molecule has 2 rings (SSSR count). The van der Waals surface area contributed by atoms with Crippen LogP contribution >= 0.6 is 11.8 Å². The van der Waals surface area contributed by atoms with Crippen LogP contribution in [0.2, 0.25) is 0 Å². The molecule has 0 fully saturated rings. The lowest BCUT2D eigenvalue weighted by Crippen LogP contribution is -2.36. The fourth-order valence-electron chi connectivity index (χ4n) is 1.85. The Morgan fingerprint density at radius 3 is 2.94 bits per heavy atom. The number of nitrogens with zero attached hydrogens (tertiary/aromatic N) is 2. The Morgan fingerprint density at radius 1 is 1.50 bits per heavy atom. The summed E-state index contributed by atoms with van der Waals surface area (Å²) in [5, 5.41) is 7.91. The van der Waals surface area contributed by atoms with Gasteiger partial charge in [-0.05, 0) is 19.2 Å². The summed E-state index contributed by atoms with van der Waals surface area (Å²) >= 11 is 1.73. The summed E-state index contributed by atoms with van der Waals surface area (Å²) in [6.45, 7) is 2.04. The molecule has 0 aliphatic rings. The highest BCUT2D eigenvalue weighted by atomic mass is 32.2. The molecule has 96 valence electrons. The lowest BCUT2D eigenvalue weighted by molar-refractivity contribution is 0.0753. The summed E-state index contributed by atoms with van der Waals surface area (Å²) in [7, 11) is 1.83. The predicted molar refractivity (Wildman–Crippen MR) is 76.0 cm³/mol. The van der Waals surface area contributed by atoms with Gasteiger partial charge in [0.25, 0.3) is 5.91 Å². The quantitative estimate of drug-likeness (QED) is 0.921. The number of hydrogen-bond acceptors (Lipinski definition) is 3. The van der Waals surface area contributed by atoms with Gasteiger partial charge in [0, 0.05) is 24.2 Å². The van der Waals surface area contributed by atoms with Gasteiger partial charge >= 0.3 is 0 Å². The predicted octanol–water partition coefficient (Wildman–Crippen LogP) is 2.39. The number of rotatable bonds is 4. The van der Waals surface area contributed by atoms with Crippen molar-refractivity contribution in [1.82, 2.24) is 15.1 Å². The minimum absolute atomic E-state index is 0.0333. The number of amides is 1. The number of hydrogen-bond donors (Lipinski definition) is 1. The first-order valence-corrected chi connectivity index (χ1v) is 7.23. The van der Waals surface area contributed by atoms with Crippen LogP contribution in [0, 0.1) is 0 Å². The Hall–Kier alpha value is -1.49. The van der Waals surface area contributed by atoms with E-state index in [1.54, 1.807) is 16.7 Å². The number of aromatic amines is 1. The van der Waals surface area contributed by atoms with E-state index >= 15 is 0 Å². The Morgan fingerprint density at radius 2 is 2.22 bits per heavy atom. The van der Waals surface area contributed by atoms with Gasteiger partial charge in [0.2, 0.25) is 0 Å². The molecular weight excluding hydrogens is 246 g/mol. The molecule has 1 amide bonds. The van der Waals surface area contributed by atoms with Crippen LogP contribution in [0.25, 0.3) is 10.9 Å². The lowest BCUT2D eigenvalue weighted by Gasteiger charge is -2.23. The van der Waals surface area contributed by atoms with Crippen molar-refractivity contribution in [2.24, 2.45) is 0 Å². The summed E-state index contributed by atoms with van der Waals surface area (Å²) in [4.78, 5) is 14.1. The largest absolute Gasteiger partial charge is 0.337 e. The molecule has 5 heteroatoms. The molecule has 4 nitrogen and oxygen atoms in total. The van der Waals surface area contributed by atoms with Gasteiger partial charge in [-0.2, -0.15) is 16.9 Å². The Balaban J connectivity index is 2.28. The number of aromatic nitrogens is 2. The van der Waals surface area contributed by atoms with E-state index in [-0.39, 0.29) is 11.9 Å². The van der Waals surface area contributed by atoms with Crippen LogP contribution in [0.5, 0.6) is 0 Å². The zero-order valence-electron chi connectivity index (χ0n) is 10.8. The molecule has 0 saturated carbocycles. The molecule has 1 aromatic heterocycles. The number of nitrogens with one attached hydrogen (secondary N) is 1. The number of carbonyl (C=O) groups excluding carboxylic acids is 1. The third kappa shape index (κ3) is 2.36. The van der Waals surface area contributed by atoms with Gasteiger partial charge in [-0.1, -0.05) is 18.2 Å². The Bertz CT molecular complexity index is 552. The van der Waals surface area contributed by atoms with Crippen molar-refractivity contribution < 1.29 is 4.79 Å². The number of thioether (sulfide) groups is 1. The van der Waals surface area contributed by atoms with Crippen molar-refractivity contribution in [2.75, 3.05) is 19.1 Å². The molecule has 0 saturated heterocycles. The van der Waals surface area contributed by atoms with Crippen molar-refractivity contribution in [1.29, 1.82) is 0 Å². The van der Waals surface area contributed by atoms with Crippen molar-refractivity contribution in [2.45, 2.75) is 13.0 Å². The van der Waals surface area contributed by atoms with Gasteiger partial charge in [0.1, 0.15) is 0 Å². The number of para-hydroxylation sites is 1. The van der Waals surface area contributed by atoms with E-state index in [1.807, 2.05) is 44.5 Å². The average Bonchev–Trinajstić information content (AvgIpc) is 2.81. The molecule has 2 aromatic rings. The third-order valence-electron chi connectivity index (χ3n) is 3.06. The summed E-state index contributed by atoms with van der Waals surface area (Å²) in [6, 6.07) is 7.88. The second-order valence-corrected chi connectivity index (χ2v) is 5.25. The van der Waals surface area contributed by atoms with E-state index in [2.05, 4.69) is 10.2 Å². The normalized spacial score (nSPS) is 12.6. The van der Waals surface area contributed by atoms with Crippen LogP contribution in [0.15, 0.2) is 24.3 Å². The summed E-state index contributed by atoms with van der Waals surface area (Å²) in [5.74, 6) is 0.888. The number of H-pyrrole nitrogens is 1. The highest BCUT2D eigenvalue weighted by Crippen LogP contribution is 2.17. The molecule has 0 aliphatic heterocycles. The van der Waals surface area contributed by atoms with Gasteiger partial charge < -0.3 is 4.90 Å². The first kappa shape index (κ1) is 13.0. The van der Waals surface area contributed by atoms with Gasteiger partial charge in [0.05, 0.1) is 5.52 Å². The molecule has 1 unspecified atom stereocenters. The summed E-state index contributed by atoms with van der Waals surface area (Å²) < 4.78 is 0. The monoisotopic (exact) mass is 263 g/mol. The van der Waals surface area contributed by atoms with Crippen LogP contribution in [-0.2, 0) is 0 Å². The average molecular weight is 263 g/mol. The van der Waals surface area contributed by atoms with Gasteiger partial charge in [0.15, 0.2) is 5.69 Å². The van der Waals surface area contributed by atoms with E-state index in [0.717, 1.165) is 16.7 Å². The highest BCUT2D eigenvalue weighted by molar-refractivity contribution is 7.98. The van der Waals surface area contributed by atoms with E-state index < -0.39 is 0 Å². The fraction of sp³-hybridized carbons (Fsp3) is 0.385. The van der Waals surface area contributed by atoms with E-state index in [4.69, 9.17) is 0 Å². The second kappa shape index (κ2) is 5.44. The molecule has 1 N–H and O–H groups in total. The maximum atomic E-state index is 12.4. The lowest BCUT2D eigenvalue weighted by atomic mass is 10.2. The third-order valence-corrected chi connectivity index (χ3v) is 3.88. The molecule has 1 atom stereocenters. The van der Waals surface area contributed by atoms with E-state index in [9.17, 15) is 4.79 Å². The number of fused-ring (bicyclic) bond motifs is 1. The topological polar surface area (TPSA) is 49.0 Å². The molecular formula is C13H17N3OS. The first-order chi connectivity index (χ1) is 8.65. The fourth-order valence-corrected chi connectivity index (χ4v) is 2.55. The Labute approximate surface area is 111 Å². The minimum atomic E-state index is -0.0333. The zero-order valence-corrected chi connectivity index (χ0v) is 11.6. The van der Waals surface area contributed by atoms with E-state index in [0.29, 0.717) is 5.69 Å². The standard InChI is InChI=1S/C13H17N3OS/c1-9(8-18-3)16(2)13(17)12-10-6-4-5-7-11(10)14-15-12/h4-7,9H,8H2,1-3H3,(H,14,15). The molecule has 18 heavy (non-hydrogen) atoms. The minimum Gasteiger partial charge on any atom is -0.337 e. The van der Waals surface area contributed by atoms with Crippen LogP contribution < -0.4 is 0 Å².